The van der Waals surface area contributed by atoms with Crippen LogP contribution in [0.1, 0.15) is 30.8 Å². The van der Waals surface area contributed by atoms with Crippen LogP contribution in [0.3, 0.4) is 0 Å². The van der Waals surface area contributed by atoms with Crippen molar-refractivity contribution in [3.8, 4) is 0 Å². The first-order valence-corrected chi connectivity index (χ1v) is 5.08. The molecule has 1 rings (SSSR count). The molecular weight excluding hydrogens is 176 g/mol. The first kappa shape index (κ1) is 11.3. The van der Waals surface area contributed by atoms with Gasteiger partial charge in [-0.3, -0.25) is 0 Å². The van der Waals surface area contributed by atoms with E-state index in [1.807, 2.05) is 0 Å². The van der Waals surface area contributed by atoms with Crippen molar-refractivity contribution in [1.29, 1.82) is 0 Å². The Labute approximate surface area is 85.7 Å². The van der Waals surface area contributed by atoms with Crippen molar-refractivity contribution in [3.63, 3.8) is 0 Å². The van der Waals surface area contributed by atoms with Crippen molar-refractivity contribution in [2.75, 3.05) is 0 Å². The van der Waals surface area contributed by atoms with Crippen LogP contribution < -0.4 is 5.48 Å². The lowest BCUT2D eigenvalue weighted by molar-refractivity contribution is 0.161. The van der Waals surface area contributed by atoms with Crippen molar-refractivity contribution in [1.82, 2.24) is 10.0 Å². The zero-order chi connectivity index (χ0) is 10.7. The smallest absolute Gasteiger partial charge is 0.0475 e. The van der Waals surface area contributed by atoms with Crippen LogP contribution in [0.5, 0.6) is 0 Å². The van der Waals surface area contributed by atoms with E-state index in [1.54, 1.807) is 0 Å². The molecule has 3 heteroatoms. The molecule has 0 amide bonds. The van der Waals surface area contributed by atoms with E-state index in [9.17, 15) is 0 Å². The molecule has 0 spiro atoms. The SMILES string of the molecule is Cc1cc(CNO)c(C)n1CC(C)C. The van der Waals surface area contributed by atoms with Crippen molar-refractivity contribution in [3.05, 3.63) is 23.0 Å². The standard InChI is InChI=1S/C11H20N2O/c1-8(2)7-13-9(3)5-11(6-12-14)10(13)4/h5,8,12,14H,6-7H2,1-4H3. The zero-order valence-corrected chi connectivity index (χ0v) is 9.46. The highest BCUT2D eigenvalue weighted by atomic mass is 16.5. The second kappa shape index (κ2) is 4.62. The van der Waals surface area contributed by atoms with Gasteiger partial charge >= 0.3 is 0 Å². The van der Waals surface area contributed by atoms with E-state index >= 15 is 0 Å². The fourth-order valence-electron chi connectivity index (χ4n) is 1.78. The molecule has 0 saturated heterocycles. The van der Waals surface area contributed by atoms with Crippen molar-refractivity contribution >= 4 is 0 Å². The number of aryl methyl sites for hydroxylation is 1. The average molecular weight is 196 g/mol. The molecule has 1 aromatic heterocycles. The Kier molecular flexibility index (Phi) is 3.72. The van der Waals surface area contributed by atoms with Crippen LogP contribution in [-0.4, -0.2) is 9.77 Å². The fraction of sp³-hybridized carbons (Fsp3) is 0.636. The number of hydroxylamine groups is 1. The summed E-state index contributed by atoms with van der Waals surface area (Å²) in [6, 6.07) is 2.13. The van der Waals surface area contributed by atoms with Gasteiger partial charge < -0.3 is 9.77 Å². The lowest BCUT2D eigenvalue weighted by atomic mass is 10.2. The molecule has 1 heterocycles. The lowest BCUT2D eigenvalue weighted by Crippen LogP contribution is -2.10. The van der Waals surface area contributed by atoms with Gasteiger partial charge in [-0.1, -0.05) is 13.8 Å². The van der Waals surface area contributed by atoms with E-state index in [4.69, 9.17) is 5.21 Å². The summed E-state index contributed by atoms with van der Waals surface area (Å²) in [6.45, 7) is 10.2. The van der Waals surface area contributed by atoms with Crippen LogP contribution >= 0.6 is 0 Å². The van der Waals surface area contributed by atoms with E-state index in [0.717, 1.165) is 6.54 Å². The van der Waals surface area contributed by atoms with Gasteiger partial charge in [0.05, 0.1) is 0 Å². The Morgan fingerprint density at radius 2 is 2.07 bits per heavy atom. The van der Waals surface area contributed by atoms with Crippen molar-refractivity contribution < 1.29 is 5.21 Å². The Morgan fingerprint density at radius 3 is 2.57 bits per heavy atom. The van der Waals surface area contributed by atoms with E-state index in [2.05, 4.69) is 43.8 Å². The molecule has 0 aliphatic heterocycles. The molecule has 0 unspecified atom stereocenters. The third-order valence-electron chi connectivity index (χ3n) is 2.50. The highest BCUT2D eigenvalue weighted by molar-refractivity contribution is 5.26. The van der Waals surface area contributed by atoms with Crippen LogP contribution in [0.4, 0.5) is 0 Å². The molecule has 0 aromatic carbocycles. The van der Waals surface area contributed by atoms with Crippen molar-refractivity contribution in [2.24, 2.45) is 5.92 Å². The van der Waals surface area contributed by atoms with Crippen molar-refractivity contribution in [2.45, 2.75) is 40.8 Å². The third kappa shape index (κ3) is 2.36. The van der Waals surface area contributed by atoms with Gasteiger partial charge in [-0.2, -0.15) is 0 Å². The maximum atomic E-state index is 8.67. The number of aromatic nitrogens is 1. The molecule has 0 bridgehead atoms. The van der Waals surface area contributed by atoms with Gasteiger partial charge in [0.25, 0.3) is 0 Å². The monoisotopic (exact) mass is 196 g/mol. The van der Waals surface area contributed by atoms with Crippen LogP contribution in [0.15, 0.2) is 6.07 Å². The van der Waals surface area contributed by atoms with Gasteiger partial charge in [-0.15, -0.1) is 0 Å². The molecule has 0 aliphatic carbocycles. The van der Waals surface area contributed by atoms with Gasteiger partial charge in [0, 0.05) is 24.5 Å². The van der Waals surface area contributed by atoms with Crippen LogP contribution in [0.25, 0.3) is 0 Å². The average Bonchev–Trinajstić information content (AvgIpc) is 2.33. The third-order valence-corrected chi connectivity index (χ3v) is 2.50. The van der Waals surface area contributed by atoms with Gasteiger partial charge in [-0.25, -0.2) is 5.48 Å². The maximum Gasteiger partial charge on any atom is 0.0475 e. The molecule has 80 valence electrons. The van der Waals surface area contributed by atoms with Gasteiger partial charge in [0.1, 0.15) is 0 Å². The first-order valence-electron chi connectivity index (χ1n) is 5.08. The normalized spacial score (nSPS) is 11.3. The minimum atomic E-state index is 0.526. The minimum absolute atomic E-state index is 0.526. The van der Waals surface area contributed by atoms with E-state index in [-0.39, 0.29) is 0 Å². The highest BCUT2D eigenvalue weighted by Crippen LogP contribution is 2.16. The topological polar surface area (TPSA) is 37.2 Å². The molecule has 0 aliphatic rings. The summed E-state index contributed by atoms with van der Waals surface area (Å²) in [5, 5.41) is 8.67. The summed E-state index contributed by atoms with van der Waals surface area (Å²) in [5.74, 6) is 0.648. The van der Waals surface area contributed by atoms with E-state index in [1.165, 1.54) is 17.0 Å². The summed E-state index contributed by atoms with van der Waals surface area (Å²) >= 11 is 0. The molecule has 1 aromatic rings. The number of nitrogens with zero attached hydrogens (tertiary/aromatic N) is 1. The summed E-state index contributed by atoms with van der Waals surface area (Å²) < 4.78 is 2.30. The Hall–Kier alpha value is -0.800. The molecule has 2 N–H and O–H groups in total. The summed E-state index contributed by atoms with van der Waals surface area (Å²) in [5.41, 5.74) is 5.89. The molecule has 0 fully saturated rings. The lowest BCUT2D eigenvalue weighted by Gasteiger charge is -2.12. The number of rotatable bonds is 4. The van der Waals surface area contributed by atoms with Crippen LogP contribution in [-0.2, 0) is 13.1 Å². The fourth-order valence-corrected chi connectivity index (χ4v) is 1.78. The summed E-state index contributed by atoms with van der Waals surface area (Å²) in [7, 11) is 0. The highest BCUT2D eigenvalue weighted by Gasteiger charge is 2.09. The van der Waals surface area contributed by atoms with E-state index in [0.29, 0.717) is 12.5 Å². The number of nitrogens with one attached hydrogen (secondary N) is 1. The van der Waals surface area contributed by atoms with Gasteiger partial charge in [0.2, 0.25) is 0 Å². The number of hydrogen-bond donors (Lipinski definition) is 2. The van der Waals surface area contributed by atoms with Gasteiger partial charge in [-0.05, 0) is 31.4 Å². The summed E-state index contributed by atoms with van der Waals surface area (Å²) in [6.07, 6.45) is 0. The minimum Gasteiger partial charge on any atom is -0.349 e. The first-order chi connectivity index (χ1) is 6.56. The number of hydrogen-bond acceptors (Lipinski definition) is 2. The predicted molar refractivity (Wildman–Crippen MR) is 57.4 cm³/mol. The van der Waals surface area contributed by atoms with Crippen LogP contribution in [0.2, 0.25) is 0 Å². The second-order valence-electron chi connectivity index (χ2n) is 4.24. The molecule has 0 atom stereocenters. The zero-order valence-electron chi connectivity index (χ0n) is 9.46. The Bertz CT molecular complexity index is 302. The molecule has 3 nitrogen and oxygen atoms in total. The van der Waals surface area contributed by atoms with E-state index < -0.39 is 0 Å². The largest absolute Gasteiger partial charge is 0.349 e. The second-order valence-corrected chi connectivity index (χ2v) is 4.24. The quantitative estimate of drug-likeness (QED) is 0.725. The Morgan fingerprint density at radius 1 is 1.43 bits per heavy atom. The van der Waals surface area contributed by atoms with Gasteiger partial charge in [0.15, 0.2) is 0 Å². The van der Waals surface area contributed by atoms with Crippen LogP contribution in [0, 0.1) is 19.8 Å². The maximum absolute atomic E-state index is 8.67. The molecule has 0 radical (unpaired) electrons. The summed E-state index contributed by atoms with van der Waals surface area (Å²) in [4.78, 5) is 0. The predicted octanol–water partition coefficient (Wildman–Crippen LogP) is 2.24. The molecular formula is C11H20N2O. The Balaban J connectivity index is 2.92. The molecule has 0 saturated carbocycles. The molecule has 14 heavy (non-hydrogen) atoms.